The van der Waals surface area contributed by atoms with Crippen molar-refractivity contribution in [2.45, 2.75) is 38.8 Å². The van der Waals surface area contributed by atoms with E-state index in [9.17, 15) is 0 Å². The van der Waals surface area contributed by atoms with Gasteiger partial charge in [0.25, 0.3) is 0 Å². The van der Waals surface area contributed by atoms with Crippen molar-refractivity contribution in [3.05, 3.63) is 35.4 Å². The standard InChI is InChI=1S/C14H23NO2/c16-10-4-2-1-3-9-15-11-13-5-7-14(12-17)8-6-13/h5-8,15-17H,1-4,9-12H2. The summed E-state index contributed by atoms with van der Waals surface area (Å²) in [6, 6.07) is 8.01. The van der Waals surface area contributed by atoms with Crippen LogP contribution in [0.1, 0.15) is 36.8 Å². The van der Waals surface area contributed by atoms with Crippen molar-refractivity contribution >= 4 is 0 Å². The fourth-order valence-corrected chi connectivity index (χ4v) is 1.71. The molecule has 3 heteroatoms. The van der Waals surface area contributed by atoms with Crippen molar-refractivity contribution in [2.24, 2.45) is 0 Å². The van der Waals surface area contributed by atoms with E-state index < -0.39 is 0 Å². The Morgan fingerprint density at radius 2 is 1.47 bits per heavy atom. The first-order chi connectivity index (χ1) is 8.36. The summed E-state index contributed by atoms with van der Waals surface area (Å²) in [5, 5.41) is 20.9. The highest BCUT2D eigenvalue weighted by atomic mass is 16.3. The van der Waals surface area contributed by atoms with Crippen LogP contribution in [0.25, 0.3) is 0 Å². The van der Waals surface area contributed by atoms with Crippen LogP contribution in [0.3, 0.4) is 0 Å². The van der Waals surface area contributed by atoms with Crippen molar-refractivity contribution in [3.63, 3.8) is 0 Å². The Hall–Kier alpha value is -0.900. The Balaban J connectivity index is 2.05. The number of aliphatic hydroxyl groups is 2. The van der Waals surface area contributed by atoms with Gasteiger partial charge < -0.3 is 15.5 Å². The van der Waals surface area contributed by atoms with Crippen LogP contribution in [0, 0.1) is 0 Å². The third kappa shape index (κ3) is 6.41. The molecule has 0 radical (unpaired) electrons. The largest absolute Gasteiger partial charge is 0.396 e. The summed E-state index contributed by atoms with van der Waals surface area (Å²) >= 11 is 0. The van der Waals surface area contributed by atoms with E-state index >= 15 is 0 Å². The van der Waals surface area contributed by atoms with Crippen LogP contribution in [0.4, 0.5) is 0 Å². The van der Waals surface area contributed by atoms with Gasteiger partial charge >= 0.3 is 0 Å². The summed E-state index contributed by atoms with van der Waals surface area (Å²) in [6.45, 7) is 2.32. The van der Waals surface area contributed by atoms with Crippen LogP contribution >= 0.6 is 0 Å². The maximum atomic E-state index is 8.91. The summed E-state index contributed by atoms with van der Waals surface area (Å²) in [6.07, 6.45) is 4.37. The summed E-state index contributed by atoms with van der Waals surface area (Å²) in [5.41, 5.74) is 2.20. The molecule has 0 fully saturated rings. The van der Waals surface area contributed by atoms with Gasteiger partial charge in [0.2, 0.25) is 0 Å². The number of hydrogen-bond donors (Lipinski definition) is 3. The summed E-state index contributed by atoms with van der Waals surface area (Å²) in [4.78, 5) is 0. The van der Waals surface area contributed by atoms with Crippen LogP contribution in [0.5, 0.6) is 0 Å². The zero-order valence-corrected chi connectivity index (χ0v) is 10.4. The molecular weight excluding hydrogens is 214 g/mol. The number of benzene rings is 1. The Morgan fingerprint density at radius 3 is 2.12 bits per heavy atom. The van der Waals surface area contributed by atoms with Crippen molar-refractivity contribution in [1.82, 2.24) is 5.32 Å². The second kappa shape index (κ2) is 9.16. The lowest BCUT2D eigenvalue weighted by Gasteiger charge is -2.05. The monoisotopic (exact) mass is 237 g/mol. The van der Waals surface area contributed by atoms with Crippen molar-refractivity contribution in [2.75, 3.05) is 13.2 Å². The molecule has 3 N–H and O–H groups in total. The van der Waals surface area contributed by atoms with E-state index in [1.54, 1.807) is 0 Å². The number of nitrogens with one attached hydrogen (secondary N) is 1. The van der Waals surface area contributed by atoms with E-state index in [1.165, 1.54) is 12.0 Å². The first-order valence-corrected chi connectivity index (χ1v) is 6.37. The zero-order valence-electron chi connectivity index (χ0n) is 10.4. The van der Waals surface area contributed by atoms with E-state index in [0.29, 0.717) is 6.61 Å². The van der Waals surface area contributed by atoms with Crippen LogP contribution < -0.4 is 5.32 Å². The minimum Gasteiger partial charge on any atom is -0.396 e. The molecule has 1 rings (SSSR count). The first kappa shape index (κ1) is 14.2. The molecule has 3 nitrogen and oxygen atoms in total. The Kier molecular flexibility index (Phi) is 7.63. The summed E-state index contributed by atoms with van der Waals surface area (Å²) in [7, 11) is 0. The van der Waals surface area contributed by atoms with Gasteiger partial charge in [0.05, 0.1) is 6.61 Å². The maximum absolute atomic E-state index is 8.91. The maximum Gasteiger partial charge on any atom is 0.0681 e. The van der Waals surface area contributed by atoms with Crippen LogP contribution in [0.2, 0.25) is 0 Å². The van der Waals surface area contributed by atoms with Gasteiger partial charge in [-0.1, -0.05) is 37.1 Å². The predicted octanol–water partition coefficient (Wildman–Crippen LogP) is 1.82. The molecule has 0 aliphatic rings. The third-order valence-electron chi connectivity index (χ3n) is 2.80. The summed E-state index contributed by atoms with van der Waals surface area (Å²) in [5.74, 6) is 0. The number of rotatable bonds is 9. The average molecular weight is 237 g/mol. The number of hydrogen-bond acceptors (Lipinski definition) is 3. The smallest absolute Gasteiger partial charge is 0.0681 e. The number of aliphatic hydroxyl groups excluding tert-OH is 2. The van der Waals surface area contributed by atoms with Gasteiger partial charge in [0, 0.05) is 13.2 Å². The highest BCUT2D eigenvalue weighted by Crippen LogP contribution is 2.04. The summed E-state index contributed by atoms with van der Waals surface area (Å²) < 4.78 is 0. The van der Waals surface area contributed by atoms with Gasteiger partial charge in [-0.15, -0.1) is 0 Å². The van der Waals surface area contributed by atoms with Gasteiger partial charge in [0.15, 0.2) is 0 Å². The second-order valence-corrected chi connectivity index (χ2v) is 4.29. The third-order valence-corrected chi connectivity index (χ3v) is 2.80. The van der Waals surface area contributed by atoms with Gasteiger partial charge in [-0.3, -0.25) is 0 Å². The second-order valence-electron chi connectivity index (χ2n) is 4.29. The lowest BCUT2D eigenvalue weighted by Crippen LogP contribution is -2.14. The van der Waals surface area contributed by atoms with E-state index in [0.717, 1.165) is 37.9 Å². The van der Waals surface area contributed by atoms with Crippen LogP contribution in [-0.4, -0.2) is 23.4 Å². The molecule has 0 atom stereocenters. The molecule has 0 spiro atoms. The quantitative estimate of drug-likeness (QED) is 0.574. The molecule has 1 aromatic carbocycles. The lowest BCUT2D eigenvalue weighted by atomic mass is 10.1. The lowest BCUT2D eigenvalue weighted by molar-refractivity contribution is 0.282. The van der Waals surface area contributed by atoms with Crippen molar-refractivity contribution in [1.29, 1.82) is 0 Å². The fraction of sp³-hybridized carbons (Fsp3) is 0.571. The van der Waals surface area contributed by atoms with Crippen LogP contribution in [0.15, 0.2) is 24.3 Å². The van der Waals surface area contributed by atoms with E-state index in [-0.39, 0.29) is 6.61 Å². The van der Waals surface area contributed by atoms with Crippen LogP contribution in [-0.2, 0) is 13.2 Å². The van der Waals surface area contributed by atoms with Crippen molar-refractivity contribution < 1.29 is 10.2 Å². The Bertz CT molecular complexity index is 285. The fourth-order valence-electron chi connectivity index (χ4n) is 1.71. The molecule has 0 saturated carbocycles. The Morgan fingerprint density at radius 1 is 0.824 bits per heavy atom. The first-order valence-electron chi connectivity index (χ1n) is 6.37. The molecule has 0 aromatic heterocycles. The van der Waals surface area contributed by atoms with Gasteiger partial charge in [-0.25, -0.2) is 0 Å². The van der Waals surface area contributed by atoms with E-state index in [2.05, 4.69) is 5.32 Å². The zero-order chi connectivity index (χ0) is 12.3. The predicted molar refractivity (Wildman–Crippen MR) is 69.6 cm³/mol. The molecular formula is C14H23NO2. The van der Waals surface area contributed by atoms with Gasteiger partial charge in [0.1, 0.15) is 0 Å². The normalized spacial score (nSPS) is 10.7. The van der Waals surface area contributed by atoms with Gasteiger partial charge in [-0.2, -0.15) is 0 Å². The highest BCUT2D eigenvalue weighted by molar-refractivity contribution is 5.21. The molecule has 0 amide bonds. The molecule has 96 valence electrons. The molecule has 1 aromatic rings. The van der Waals surface area contributed by atoms with E-state index in [1.807, 2.05) is 24.3 Å². The minimum absolute atomic E-state index is 0.110. The average Bonchev–Trinajstić information content (AvgIpc) is 2.38. The highest BCUT2D eigenvalue weighted by Gasteiger charge is 1.94. The topological polar surface area (TPSA) is 52.5 Å². The number of unbranched alkanes of at least 4 members (excludes halogenated alkanes) is 3. The molecule has 0 unspecified atom stereocenters. The van der Waals surface area contributed by atoms with E-state index in [4.69, 9.17) is 10.2 Å². The van der Waals surface area contributed by atoms with Crippen molar-refractivity contribution in [3.8, 4) is 0 Å². The molecule has 0 aliphatic heterocycles. The molecule has 0 saturated heterocycles. The van der Waals surface area contributed by atoms with Gasteiger partial charge in [-0.05, 0) is 30.5 Å². The molecule has 0 aliphatic carbocycles. The Labute approximate surface area is 103 Å². The minimum atomic E-state index is 0.110. The molecule has 0 heterocycles. The molecule has 17 heavy (non-hydrogen) atoms. The SMILES string of the molecule is OCCCCCCNCc1ccc(CO)cc1. The molecule has 0 bridgehead atoms.